The van der Waals surface area contributed by atoms with Crippen molar-refractivity contribution in [2.75, 3.05) is 17.4 Å². The van der Waals surface area contributed by atoms with Crippen LogP contribution in [-0.4, -0.2) is 30.4 Å². The maximum Gasteiger partial charge on any atom is 0.328 e. The Labute approximate surface area is 137 Å². The average molecular weight is 326 g/mol. The zero-order chi connectivity index (χ0) is 16.7. The molecule has 5 heteroatoms. The van der Waals surface area contributed by atoms with E-state index in [-0.39, 0.29) is 18.4 Å². The van der Waals surface area contributed by atoms with Crippen LogP contribution in [0.25, 0.3) is 0 Å². The molecule has 122 valence electrons. The summed E-state index contributed by atoms with van der Waals surface area (Å²) in [4.78, 5) is 26.0. The molecule has 0 spiro atoms. The number of hydrogen-bond acceptors (Lipinski definition) is 3. The number of hydrogen-bond donors (Lipinski definition) is 0. The van der Waals surface area contributed by atoms with Crippen LogP contribution in [0.5, 0.6) is 0 Å². The van der Waals surface area contributed by atoms with Gasteiger partial charge in [0.25, 0.3) is 0 Å². The van der Waals surface area contributed by atoms with Crippen molar-refractivity contribution in [1.82, 2.24) is 0 Å². The number of rotatable bonds is 7. The molecule has 1 amide bonds. The van der Waals surface area contributed by atoms with E-state index < -0.39 is 12.0 Å². The van der Waals surface area contributed by atoms with Gasteiger partial charge in [0.2, 0.25) is 5.91 Å². The summed E-state index contributed by atoms with van der Waals surface area (Å²) in [6, 6.07) is 5.21. The van der Waals surface area contributed by atoms with E-state index in [2.05, 4.69) is 0 Å². The minimum absolute atomic E-state index is 0.176. The predicted molar refractivity (Wildman–Crippen MR) is 89.5 cm³/mol. The standard InChI is InChI=1S/C17H24ClNO3/c1-5-13-9-8-10-14(6-2)16(13)19(15(20)11-18)12(4)17(21)22-7-3/h8-10,12H,5-7,11H2,1-4H3. The van der Waals surface area contributed by atoms with Crippen LogP contribution in [0.4, 0.5) is 5.69 Å². The molecule has 1 atom stereocenters. The Kier molecular flexibility index (Phi) is 7.39. The van der Waals surface area contributed by atoms with Crippen LogP contribution in [0.15, 0.2) is 18.2 Å². The van der Waals surface area contributed by atoms with Crippen LogP contribution < -0.4 is 4.90 Å². The molecule has 0 saturated heterocycles. The quantitative estimate of drug-likeness (QED) is 0.570. The molecule has 22 heavy (non-hydrogen) atoms. The number of aryl methyl sites for hydroxylation is 2. The van der Waals surface area contributed by atoms with Crippen molar-refractivity contribution in [3.05, 3.63) is 29.3 Å². The summed E-state index contributed by atoms with van der Waals surface area (Å²) in [6.07, 6.45) is 1.54. The van der Waals surface area contributed by atoms with E-state index >= 15 is 0 Å². The lowest BCUT2D eigenvalue weighted by molar-refractivity contribution is -0.145. The molecule has 1 aromatic carbocycles. The molecule has 1 unspecified atom stereocenters. The number of ether oxygens (including phenoxy) is 1. The van der Waals surface area contributed by atoms with E-state index in [1.165, 1.54) is 4.90 Å². The molecule has 0 bridgehead atoms. The molecule has 0 saturated carbocycles. The second kappa shape index (κ2) is 8.79. The van der Waals surface area contributed by atoms with Gasteiger partial charge in [-0.2, -0.15) is 0 Å². The number of esters is 1. The molecular weight excluding hydrogens is 302 g/mol. The molecule has 0 aliphatic heterocycles. The predicted octanol–water partition coefficient (Wildman–Crippen LogP) is 3.33. The Hall–Kier alpha value is -1.55. The van der Waals surface area contributed by atoms with E-state index in [4.69, 9.17) is 16.3 Å². The van der Waals surface area contributed by atoms with E-state index in [1.807, 2.05) is 32.0 Å². The lowest BCUT2D eigenvalue weighted by Crippen LogP contribution is -2.46. The molecule has 0 fully saturated rings. The van der Waals surface area contributed by atoms with Gasteiger partial charge < -0.3 is 4.74 Å². The van der Waals surface area contributed by atoms with Gasteiger partial charge in [-0.3, -0.25) is 9.69 Å². The average Bonchev–Trinajstić information content (AvgIpc) is 2.54. The first-order valence-corrected chi connectivity index (χ1v) is 8.20. The van der Waals surface area contributed by atoms with Gasteiger partial charge in [-0.1, -0.05) is 32.0 Å². The van der Waals surface area contributed by atoms with Crippen molar-refractivity contribution in [2.24, 2.45) is 0 Å². The van der Waals surface area contributed by atoms with Gasteiger partial charge in [-0.25, -0.2) is 4.79 Å². The monoisotopic (exact) mass is 325 g/mol. The van der Waals surface area contributed by atoms with Crippen LogP contribution in [0.3, 0.4) is 0 Å². The van der Waals surface area contributed by atoms with Gasteiger partial charge in [0, 0.05) is 0 Å². The molecule has 0 N–H and O–H groups in total. The number of nitrogens with zero attached hydrogens (tertiary/aromatic N) is 1. The first-order chi connectivity index (χ1) is 10.5. The first kappa shape index (κ1) is 18.5. The maximum atomic E-state index is 12.4. The van der Waals surface area contributed by atoms with Crippen molar-refractivity contribution < 1.29 is 14.3 Å². The van der Waals surface area contributed by atoms with Crippen molar-refractivity contribution in [1.29, 1.82) is 0 Å². The lowest BCUT2D eigenvalue weighted by Gasteiger charge is -2.31. The Morgan fingerprint density at radius 1 is 1.18 bits per heavy atom. The van der Waals surface area contributed by atoms with E-state index in [0.717, 1.165) is 29.7 Å². The molecule has 0 aliphatic carbocycles. The highest BCUT2D eigenvalue weighted by Gasteiger charge is 2.30. The third-order valence-corrected chi connectivity index (χ3v) is 3.83. The van der Waals surface area contributed by atoms with Crippen LogP contribution in [-0.2, 0) is 27.2 Å². The smallest absolute Gasteiger partial charge is 0.328 e. The molecule has 1 rings (SSSR count). The van der Waals surface area contributed by atoms with E-state index in [1.54, 1.807) is 13.8 Å². The molecule has 0 radical (unpaired) electrons. The summed E-state index contributed by atoms with van der Waals surface area (Å²) >= 11 is 5.77. The normalized spacial score (nSPS) is 11.9. The number of para-hydroxylation sites is 1. The van der Waals surface area contributed by atoms with Crippen LogP contribution >= 0.6 is 11.6 Å². The molecular formula is C17H24ClNO3. The van der Waals surface area contributed by atoms with Crippen molar-refractivity contribution >= 4 is 29.2 Å². The summed E-state index contributed by atoms with van der Waals surface area (Å²) < 4.78 is 5.07. The van der Waals surface area contributed by atoms with Crippen molar-refractivity contribution in [3.63, 3.8) is 0 Å². The third-order valence-electron chi connectivity index (χ3n) is 3.60. The highest BCUT2D eigenvalue weighted by molar-refractivity contribution is 6.30. The largest absolute Gasteiger partial charge is 0.464 e. The minimum Gasteiger partial charge on any atom is -0.464 e. The van der Waals surface area contributed by atoms with Gasteiger partial charge in [0.15, 0.2) is 0 Å². The van der Waals surface area contributed by atoms with Gasteiger partial charge in [0.1, 0.15) is 11.9 Å². The topological polar surface area (TPSA) is 46.6 Å². The molecule has 0 aromatic heterocycles. The highest BCUT2D eigenvalue weighted by atomic mass is 35.5. The van der Waals surface area contributed by atoms with Crippen LogP contribution in [0.2, 0.25) is 0 Å². The number of benzene rings is 1. The number of amides is 1. The summed E-state index contributed by atoms with van der Waals surface area (Å²) in [5.74, 6) is -0.892. The van der Waals surface area contributed by atoms with E-state index in [9.17, 15) is 9.59 Å². The third kappa shape index (κ3) is 4.01. The Balaban J connectivity index is 3.40. The SMILES string of the molecule is CCOC(=O)C(C)N(C(=O)CCl)c1c(CC)cccc1CC. The Morgan fingerprint density at radius 2 is 1.73 bits per heavy atom. The summed E-state index contributed by atoms with van der Waals surface area (Å²) in [5, 5.41) is 0. The van der Waals surface area contributed by atoms with Gasteiger partial charge in [0.05, 0.1) is 12.3 Å². The summed E-state index contributed by atoms with van der Waals surface area (Å²) in [7, 11) is 0. The van der Waals surface area contributed by atoms with Crippen LogP contribution in [0, 0.1) is 0 Å². The lowest BCUT2D eigenvalue weighted by atomic mass is 10.0. The fraction of sp³-hybridized carbons (Fsp3) is 0.529. The summed E-state index contributed by atoms with van der Waals surface area (Å²) in [6.45, 7) is 7.75. The molecule has 4 nitrogen and oxygen atoms in total. The zero-order valence-electron chi connectivity index (χ0n) is 13.7. The fourth-order valence-corrected chi connectivity index (χ4v) is 2.62. The zero-order valence-corrected chi connectivity index (χ0v) is 14.4. The summed E-state index contributed by atoms with van der Waals surface area (Å²) in [5.41, 5.74) is 2.83. The number of halogens is 1. The van der Waals surface area contributed by atoms with E-state index in [0.29, 0.717) is 0 Å². The Morgan fingerprint density at radius 3 is 2.14 bits per heavy atom. The number of anilines is 1. The second-order valence-corrected chi connectivity index (χ2v) is 5.22. The maximum absolute atomic E-state index is 12.4. The van der Waals surface area contributed by atoms with Crippen LogP contribution in [0.1, 0.15) is 38.8 Å². The minimum atomic E-state index is -0.704. The molecule has 0 aliphatic rings. The van der Waals surface area contributed by atoms with Crippen molar-refractivity contribution in [2.45, 2.75) is 46.6 Å². The highest BCUT2D eigenvalue weighted by Crippen LogP contribution is 2.29. The number of alkyl halides is 1. The second-order valence-electron chi connectivity index (χ2n) is 4.96. The Bertz CT molecular complexity index is 508. The number of carbonyl (C=O) groups excluding carboxylic acids is 2. The van der Waals surface area contributed by atoms with Gasteiger partial charge in [-0.15, -0.1) is 11.6 Å². The first-order valence-electron chi connectivity index (χ1n) is 7.67. The fourth-order valence-electron chi connectivity index (χ4n) is 2.49. The molecule has 1 aromatic rings. The van der Waals surface area contributed by atoms with Gasteiger partial charge >= 0.3 is 5.97 Å². The molecule has 0 heterocycles. The van der Waals surface area contributed by atoms with Gasteiger partial charge in [-0.05, 0) is 37.8 Å². The van der Waals surface area contributed by atoms with Crippen molar-refractivity contribution in [3.8, 4) is 0 Å². The number of carbonyl (C=O) groups is 2.